The Kier molecular flexibility index (Phi) is 6.69. The Morgan fingerprint density at radius 1 is 1.04 bits per heavy atom. The third-order valence-corrected chi connectivity index (χ3v) is 5.33. The zero-order valence-electron chi connectivity index (χ0n) is 16.6. The van der Waals surface area contributed by atoms with Gasteiger partial charge in [-0.15, -0.1) is 0 Å². The van der Waals surface area contributed by atoms with Crippen LogP contribution in [0.2, 0.25) is 0 Å². The number of hydrogen-bond donors (Lipinski definition) is 1. The van der Waals surface area contributed by atoms with Crippen LogP contribution in [-0.2, 0) is 16.0 Å². The Balaban J connectivity index is 1.41. The molecule has 1 saturated heterocycles. The van der Waals surface area contributed by atoms with Gasteiger partial charge in [0.15, 0.2) is 6.61 Å². The maximum Gasteiger partial charge on any atom is 0.260 e. The third-order valence-electron chi connectivity index (χ3n) is 5.33. The van der Waals surface area contributed by atoms with E-state index in [1.807, 2.05) is 67.3 Å². The van der Waals surface area contributed by atoms with E-state index < -0.39 is 0 Å². The summed E-state index contributed by atoms with van der Waals surface area (Å²) in [6.07, 6.45) is 1.94. The Bertz CT molecular complexity index is 812. The lowest BCUT2D eigenvalue weighted by Gasteiger charge is -2.32. The summed E-state index contributed by atoms with van der Waals surface area (Å²) >= 11 is 0. The molecule has 1 heterocycles. The molecule has 2 aromatic rings. The topological polar surface area (TPSA) is 58.6 Å². The number of ether oxygens (including phenoxy) is 1. The van der Waals surface area contributed by atoms with Crippen LogP contribution in [0.1, 0.15) is 29.5 Å². The van der Waals surface area contributed by atoms with E-state index in [1.165, 1.54) is 0 Å². The standard InChI is InChI=1S/C23H28N2O3/c1-17-7-6-10-21(18(17)2)28-16-23(27)25-13-11-20(12-14-25)24-22(26)15-19-8-4-3-5-9-19/h3-10,20H,11-16H2,1-2H3,(H,24,26). The molecule has 148 valence electrons. The van der Waals surface area contributed by atoms with Gasteiger partial charge in [0.25, 0.3) is 5.91 Å². The summed E-state index contributed by atoms with van der Waals surface area (Å²) in [5.41, 5.74) is 3.23. The van der Waals surface area contributed by atoms with Crippen LogP contribution in [0.5, 0.6) is 5.75 Å². The number of carbonyl (C=O) groups excluding carboxylic acids is 2. The lowest BCUT2D eigenvalue weighted by Crippen LogP contribution is -2.48. The first-order valence-corrected chi connectivity index (χ1v) is 9.83. The average molecular weight is 380 g/mol. The molecule has 5 heteroatoms. The summed E-state index contributed by atoms with van der Waals surface area (Å²) in [5.74, 6) is 0.792. The van der Waals surface area contributed by atoms with Crippen LogP contribution in [0.3, 0.4) is 0 Å². The molecule has 0 aliphatic carbocycles. The minimum atomic E-state index is -0.00466. The fourth-order valence-corrected chi connectivity index (χ4v) is 3.44. The number of aryl methyl sites for hydroxylation is 1. The molecule has 5 nitrogen and oxygen atoms in total. The highest BCUT2D eigenvalue weighted by Crippen LogP contribution is 2.20. The van der Waals surface area contributed by atoms with Gasteiger partial charge < -0.3 is 15.0 Å². The van der Waals surface area contributed by atoms with E-state index in [0.717, 1.165) is 35.3 Å². The highest BCUT2D eigenvalue weighted by molar-refractivity contribution is 5.79. The molecule has 3 rings (SSSR count). The Hall–Kier alpha value is -2.82. The van der Waals surface area contributed by atoms with Crippen molar-refractivity contribution in [2.24, 2.45) is 0 Å². The summed E-state index contributed by atoms with van der Waals surface area (Å²) in [4.78, 5) is 26.5. The summed E-state index contributed by atoms with van der Waals surface area (Å²) in [7, 11) is 0. The molecule has 0 atom stereocenters. The van der Waals surface area contributed by atoms with Crippen LogP contribution in [0, 0.1) is 13.8 Å². The zero-order chi connectivity index (χ0) is 19.9. The van der Waals surface area contributed by atoms with Crippen LogP contribution in [0.4, 0.5) is 0 Å². The van der Waals surface area contributed by atoms with Gasteiger partial charge in [0.05, 0.1) is 6.42 Å². The van der Waals surface area contributed by atoms with Gasteiger partial charge >= 0.3 is 0 Å². The van der Waals surface area contributed by atoms with Crippen LogP contribution < -0.4 is 10.1 Å². The van der Waals surface area contributed by atoms with Crippen LogP contribution in [-0.4, -0.2) is 42.5 Å². The minimum absolute atomic E-state index is 0.00466. The maximum atomic E-state index is 12.5. The molecule has 2 amide bonds. The molecule has 28 heavy (non-hydrogen) atoms. The largest absolute Gasteiger partial charge is 0.483 e. The molecule has 0 aromatic heterocycles. The highest BCUT2D eigenvalue weighted by Gasteiger charge is 2.24. The highest BCUT2D eigenvalue weighted by atomic mass is 16.5. The van der Waals surface area contributed by atoms with Gasteiger partial charge in [0.2, 0.25) is 5.91 Å². The number of piperidine rings is 1. The van der Waals surface area contributed by atoms with E-state index in [9.17, 15) is 9.59 Å². The molecule has 1 aliphatic rings. The first kappa shape index (κ1) is 19.9. The molecule has 0 spiro atoms. The van der Waals surface area contributed by atoms with Crippen molar-refractivity contribution in [3.63, 3.8) is 0 Å². The van der Waals surface area contributed by atoms with Crippen LogP contribution >= 0.6 is 0 Å². The molecule has 0 bridgehead atoms. The van der Waals surface area contributed by atoms with Crippen molar-refractivity contribution in [2.75, 3.05) is 19.7 Å². The van der Waals surface area contributed by atoms with Gasteiger partial charge in [-0.25, -0.2) is 0 Å². The Labute approximate surface area is 166 Å². The van der Waals surface area contributed by atoms with E-state index in [2.05, 4.69) is 5.32 Å². The van der Waals surface area contributed by atoms with Crippen LogP contribution in [0.25, 0.3) is 0 Å². The number of carbonyl (C=O) groups is 2. The van der Waals surface area contributed by atoms with Crippen molar-refractivity contribution in [2.45, 2.75) is 39.2 Å². The Morgan fingerprint density at radius 2 is 1.75 bits per heavy atom. The van der Waals surface area contributed by atoms with Crippen molar-refractivity contribution in [3.05, 3.63) is 65.2 Å². The third kappa shape index (κ3) is 5.35. The van der Waals surface area contributed by atoms with Crippen molar-refractivity contribution in [1.82, 2.24) is 10.2 Å². The molecule has 0 radical (unpaired) electrons. The minimum Gasteiger partial charge on any atom is -0.483 e. The molecular formula is C23H28N2O3. The zero-order valence-corrected chi connectivity index (χ0v) is 16.6. The van der Waals surface area contributed by atoms with Gasteiger partial charge in [-0.2, -0.15) is 0 Å². The average Bonchev–Trinajstić information content (AvgIpc) is 2.70. The lowest BCUT2D eigenvalue weighted by molar-refractivity contribution is -0.134. The fraction of sp³-hybridized carbons (Fsp3) is 0.391. The van der Waals surface area contributed by atoms with Gasteiger partial charge in [0.1, 0.15) is 5.75 Å². The molecule has 1 N–H and O–H groups in total. The number of nitrogens with zero attached hydrogens (tertiary/aromatic N) is 1. The quantitative estimate of drug-likeness (QED) is 0.838. The lowest BCUT2D eigenvalue weighted by atomic mass is 10.0. The van der Waals surface area contributed by atoms with E-state index in [1.54, 1.807) is 0 Å². The second kappa shape index (κ2) is 9.40. The van der Waals surface area contributed by atoms with E-state index in [0.29, 0.717) is 19.5 Å². The van der Waals surface area contributed by atoms with Gasteiger partial charge in [0, 0.05) is 19.1 Å². The summed E-state index contributed by atoms with van der Waals surface area (Å²) < 4.78 is 5.73. The Morgan fingerprint density at radius 3 is 2.46 bits per heavy atom. The predicted octanol–water partition coefficient (Wildman–Crippen LogP) is 3.03. The van der Waals surface area contributed by atoms with E-state index >= 15 is 0 Å². The number of likely N-dealkylation sites (tertiary alicyclic amines) is 1. The number of hydrogen-bond acceptors (Lipinski definition) is 3. The molecular weight excluding hydrogens is 352 g/mol. The summed E-state index contributed by atoms with van der Waals surface area (Å²) in [6, 6.07) is 15.7. The van der Waals surface area contributed by atoms with Crippen molar-refractivity contribution >= 4 is 11.8 Å². The van der Waals surface area contributed by atoms with Crippen molar-refractivity contribution in [1.29, 1.82) is 0 Å². The van der Waals surface area contributed by atoms with E-state index in [4.69, 9.17) is 4.74 Å². The van der Waals surface area contributed by atoms with E-state index in [-0.39, 0.29) is 24.5 Å². The summed E-state index contributed by atoms with van der Waals surface area (Å²) in [5, 5.41) is 3.09. The molecule has 1 fully saturated rings. The van der Waals surface area contributed by atoms with Gasteiger partial charge in [-0.3, -0.25) is 9.59 Å². The van der Waals surface area contributed by atoms with Crippen molar-refractivity contribution in [3.8, 4) is 5.75 Å². The maximum absolute atomic E-state index is 12.5. The number of nitrogens with one attached hydrogen (secondary N) is 1. The molecule has 2 aromatic carbocycles. The number of rotatable bonds is 6. The SMILES string of the molecule is Cc1cccc(OCC(=O)N2CCC(NC(=O)Cc3ccccc3)CC2)c1C. The van der Waals surface area contributed by atoms with Gasteiger partial charge in [-0.1, -0.05) is 42.5 Å². The number of amides is 2. The van der Waals surface area contributed by atoms with Crippen LogP contribution in [0.15, 0.2) is 48.5 Å². The molecule has 1 aliphatic heterocycles. The predicted molar refractivity (Wildman–Crippen MR) is 109 cm³/mol. The summed E-state index contributed by atoms with van der Waals surface area (Å²) in [6.45, 7) is 5.37. The first-order valence-electron chi connectivity index (χ1n) is 9.83. The number of benzene rings is 2. The molecule has 0 saturated carbocycles. The second-order valence-corrected chi connectivity index (χ2v) is 7.37. The monoisotopic (exact) mass is 380 g/mol. The van der Waals surface area contributed by atoms with Gasteiger partial charge in [-0.05, 0) is 49.4 Å². The van der Waals surface area contributed by atoms with Crippen molar-refractivity contribution < 1.29 is 14.3 Å². The molecule has 0 unspecified atom stereocenters. The first-order chi connectivity index (χ1) is 13.5. The smallest absolute Gasteiger partial charge is 0.260 e. The fourth-order valence-electron chi connectivity index (χ4n) is 3.44. The second-order valence-electron chi connectivity index (χ2n) is 7.37. The normalized spacial score (nSPS) is 14.6.